The van der Waals surface area contributed by atoms with Gasteiger partial charge in [-0.15, -0.1) is 11.3 Å². The van der Waals surface area contributed by atoms with Gasteiger partial charge in [0, 0.05) is 15.4 Å². The first kappa shape index (κ1) is 15.9. The standard InChI is InChI=1S/C15H24BrNS2/c1-2-6-17-13(10-12-3-7-18-8-4-12)11-15-14(16)5-9-19-15/h5,9,12-13,17H,2-4,6-8,10-11H2,1H3. The molecule has 1 aliphatic heterocycles. The SMILES string of the molecule is CCCNC(Cc1sccc1Br)CC1CCSCC1. The molecule has 2 heterocycles. The van der Waals surface area contributed by atoms with Crippen molar-refractivity contribution in [2.45, 2.75) is 45.1 Å². The number of thiophene rings is 1. The maximum Gasteiger partial charge on any atom is 0.0314 e. The second kappa shape index (κ2) is 8.71. The van der Waals surface area contributed by atoms with Gasteiger partial charge in [-0.25, -0.2) is 0 Å². The van der Waals surface area contributed by atoms with Gasteiger partial charge in [0.1, 0.15) is 0 Å². The van der Waals surface area contributed by atoms with E-state index in [9.17, 15) is 0 Å². The Bertz CT molecular complexity index is 361. The van der Waals surface area contributed by atoms with E-state index >= 15 is 0 Å². The van der Waals surface area contributed by atoms with Gasteiger partial charge in [0.25, 0.3) is 0 Å². The van der Waals surface area contributed by atoms with Crippen molar-refractivity contribution in [3.05, 3.63) is 20.8 Å². The number of hydrogen-bond donors (Lipinski definition) is 1. The van der Waals surface area contributed by atoms with Crippen LogP contribution in [0.25, 0.3) is 0 Å². The molecule has 1 aromatic heterocycles. The van der Waals surface area contributed by atoms with Crippen molar-refractivity contribution in [3.8, 4) is 0 Å². The molecular weight excluding hydrogens is 338 g/mol. The zero-order chi connectivity index (χ0) is 13.5. The molecule has 1 unspecified atom stereocenters. The van der Waals surface area contributed by atoms with Crippen LogP contribution in [-0.2, 0) is 6.42 Å². The molecule has 1 aromatic rings. The lowest BCUT2D eigenvalue weighted by atomic mass is 9.92. The Balaban J connectivity index is 1.88. The molecule has 0 bridgehead atoms. The highest BCUT2D eigenvalue weighted by atomic mass is 79.9. The van der Waals surface area contributed by atoms with Gasteiger partial charge < -0.3 is 5.32 Å². The van der Waals surface area contributed by atoms with Crippen molar-refractivity contribution >= 4 is 39.0 Å². The summed E-state index contributed by atoms with van der Waals surface area (Å²) in [6.07, 6.45) is 6.59. The van der Waals surface area contributed by atoms with Gasteiger partial charge in [-0.2, -0.15) is 11.8 Å². The van der Waals surface area contributed by atoms with Gasteiger partial charge >= 0.3 is 0 Å². The van der Waals surface area contributed by atoms with E-state index in [-0.39, 0.29) is 0 Å². The third kappa shape index (κ3) is 5.41. The average molecular weight is 362 g/mol. The van der Waals surface area contributed by atoms with Crippen LogP contribution in [0.15, 0.2) is 15.9 Å². The third-order valence-electron chi connectivity index (χ3n) is 3.76. The molecule has 0 aliphatic carbocycles. The minimum atomic E-state index is 0.656. The highest BCUT2D eigenvalue weighted by molar-refractivity contribution is 9.10. The van der Waals surface area contributed by atoms with Crippen LogP contribution in [0.1, 0.15) is 37.5 Å². The normalized spacial score (nSPS) is 18.6. The molecule has 0 radical (unpaired) electrons. The summed E-state index contributed by atoms with van der Waals surface area (Å²) in [5.74, 6) is 3.68. The van der Waals surface area contributed by atoms with E-state index in [0.29, 0.717) is 6.04 Å². The van der Waals surface area contributed by atoms with E-state index in [1.807, 2.05) is 11.3 Å². The lowest BCUT2D eigenvalue weighted by molar-refractivity contribution is 0.363. The Hall–Kier alpha value is 0.490. The third-order valence-corrected chi connectivity index (χ3v) is 6.76. The largest absolute Gasteiger partial charge is 0.314 e. The number of thioether (sulfide) groups is 1. The van der Waals surface area contributed by atoms with Gasteiger partial charge in [0.2, 0.25) is 0 Å². The topological polar surface area (TPSA) is 12.0 Å². The smallest absolute Gasteiger partial charge is 0.0314 e. The zero-order valence-corrected chi connectivity index (χ0v) is 14.9. The molecule has 1 saturated heterocycles. The lowest BCUT2D eigenvalue weighted by Gasteiger charge is -2.27. The Labute approximate surface area is 134 Å². The molecule has 108 valence electrons. The predicted molar refractivity (Wildman–Crippen MR) is 92.5 cm³/mol. The predicted octanol–water partition coefficient (Wildman–Crippen LogP) is 4.95. The summed E-state index contributed by atoms with van der Waals surface area (Å²) in [5, 5.41) is 5.95. The van der Waals surface area contributed by atoms with E-state index in [1.165, 1.54) is 53.0 Å². The second-order valence-electron chi connectivity index (χ2n) is 5.34. The molecule has 0 amide bonds. The summed E-state index contributed by atoms with van der Waals surface area (Å²) in [7, 11) is 0. The van der Waals surface area contributed by atoms with Gasteiger partial charge in [-0.1, -0.05) is 6.92 Å². The van der Waals surface area contributed by atoms with Crippen LogP contribution in [0.5, 0.6) is 0 Å². The first-order chi connectivity index (χ1) is 9.29. The maximum absolute atomic E-state index is 3.76. The molecule has 4 heteroatoms. The van der Waals surface area contributed by atoms with Gasteiger partial charge in [0.05, 0.1) is 0 Å². The Morgan fingerprint density at radius 1 is 1.42 bits per heavy atom. The van der Waals surface area contributed by atoms with Gasteiger partial charge in [0.15, 0.2) is 0 Å². The summed E-state index contributed by atoms with van der Waals surface area (Å²) < 4.78 is 1.29. The fraction of sp³-hybridized carbons (Fsp3) is 0.733. The summed E-state index contributed by atoms with van der Waals surface area (Å²) in [6, 6.07) is 2.83. The first-order valence-corrected chi connectivity index (χ1v) is 10.1. The molecule has 1 nitrogen and oxygen atoms in total. The quantitative estimate of drug-likeness (QED) is 0.736. The molecule has 1 atom stereocenters. The molecular formula is C15H24BrNS2. The minimum absolute atomic E-state index is 0.656. The van der Waals surface area contributed by atoms with Crippen molar-refractivity contribution in [1.82, 2.24) is 5.32 Å². The fourth-order valence-corrected chi connectivity index (χ4v) is 5.47. The second-order valence-corrected chi connectivity index (χ2v) is 8.42. The minimum Gasteiger partial charge on any atom is -0.314 e. The zero-order valence-electron chi connectivity index (χ0n) is 11.7. The van der Waals surface area contributed by atoms with E-state index in [4.69, 9.17) is 0 Å². The van der Waals surface area contributed by atoms with Crippen molar-refractivity contribution in [2.75, 3.05) is 18.1 Å². The van der Waals surface area contributed by atoms with Crippen molar-refractivity contribution in [2.24, 2.45) is 5.92 Å². The molecule has 2 rings (SSSR count). The average Bonchev–Trinajstić information content (AvgIpc) is 2.83. The van der Waals surface area contributed by atoms with Gasteiger partial charge in [-0.3, -0.25) is 0 Å². The maximum atomic E-state index is 3.76. The summed E-state index contributed by atoms with van der Waals surface area (Å²) in [6.45, 7) is 3.40. The van der Waals surface area contributed by atoms with E-state index in [0.717, 1.165) is 12.5 Å². The molecule has 1 aliphatic rings. The van der Waals surface area contributed by atoms with Crippen LogP contribution in [0.4, 0.5) is 0 Å². The van der Waals surface area contributed by atoms with Crippen LogP contribution in [-0.4, -0.2) is 24.1 Å². The van der Waals surface area contributed by atoms with Crippen LogP contribution in [0, 0.1) is 5.92 Å². The number of hydrogen-bond acceptors (Lipinski definition) is 3. The molecule has 0 spiro atoms. The molecule has 1 fully saturated rings. The number of rotatable bonds is 7. The first-order valence-electron chi connectivity index (χ1n) is 7.32. The summed E-state index contributed by atoms with van der Waals surface area (Å²) >= 11 is 7.68. The lowest BCUT2D eigenvalue weighted by Crippen LogP contribution is -2.34. The molecule has 19 heavy (non-hydrogen) atoms. The van der Waals surface area contributed by atoms with Crippen molar-refractivity contribution in [1.29, 1.82) is 0 Å². The van der Waals surface area contributed by atoms with Crippen molar-refractivity contribution in [3.63, 3.8) is 0 Å². The highest BCUT2D eigenvalue weighted by Gasteiger charge is 2.20. The Morgan fingerprint density at radius 3 is 2.84 bits per heavy atom. The van der Waals surface area contributed by atoms with Crippen molar-refractivity contribution < 1.29 is 0 Å². The molecule has 0 aromatic carbocycles. The van der Waals surface area contributed by atoms with E-state index in [2.05, 4.69) is 51.4 Å². The Morgan fingerprint density at radius 2 is 2.21 bits per heavy atom. The molecule has 0 saturated carbocycles. The Kier molecular flexibility index (Phi) is 7.27. The number of nitrogens with one attached hydrogen (secondary N) is 1. The molecule has 1 N–H and O–H groups in total. The van der Waals surface area contributed by atoms with Gasteiger partial charge in [-0.05, 0) is 83.4 Å². The van der Waals surface area contributed by atoms with Crippen LogP contribution in [0.2, 0.25) is 0 Å². The van der Waals surface area contributed by atoms with Crippen LogP contribution in [0.3, 0.4) is 0 Å². The summed E-state index contributed by atoms with van der Waals surface area (Å²) in [4.78, 5) is 1.50. The fourth-order valence-electron chi connectivity index (χ4n) is 2.67. The number of halogens is 1. The summed E-state index contributed by atoms with van der Waals surface area (Å²) in [5.41, 5.74) is 0. The monoisotopic (exact) mass is 361 g/mol. The van der Waals surface area contributed by atoms with Crippen LogP contribution >= 0.6 is 39.0 Å². The highest BCUT2D eigenvalue weighted by Crippen LogP contribution is 2.29. The van der Waals surface area contributed by atoms with E-state index < -0.39 is 0 Å². The van der Waals surface area contributed by atoms with Crippen LogP contribution < -0.4 is 5.32 Å². The van der Waals surface area contributed by atoms with E-state index in [1.54, 1.807) is 0 Å².